The van der Waals surface area contributed by atoms with Crippen LogP contribution in [0, 0.1) is 17.5 Å². The first-order chi connectivity index (χ1) is 8.54. The predicted molar refractivity (Wildman–Crippen MR) is 65.5 cm³/mol. The maximum Gasteiger partial charge on any atom is 0.195 e. The van der Waals surface area contributed by atoms with Crippen LogP contribution < -0.4 is 5.73 Å². The van der Waals surface area contributed by atoms with Crippen molar-refractivity contribution in [2.75, 3.05) is 5.73 Å². The minimum absolute atomic E-state index is 0.0311. The minimum Gasteiger partial charge on any atom is -0.399 e. The lowest BCUT2D eigenvalue weighted by Crippen LogP contribution is -1.96. The molecule has 0 radical (unpaired) electrons. The Bertz CT molecular complexity index is 594. The summed E-state index contributed by atoms with van der Waals surface area (Å²) in [5, 5.41) is 0. The minimum atomic E-state index is -1.46. The fourth-order valence-corrected chi connectivity index (χ4v) is 1.83. The van der Waals surface area contributed by atoms with E-state index < -0.39 is 17.5 Å². The molecule has 18 heavy (non-hydrogen) atoms. The van der Waals surface area contributed by atoms with Gasteiger partial charge in [0.2, 0.25) is 0 Å². The van der Waals surface area contributed by atoms with E-state index in [9.17, 15) is 13.2 Å². The second kappa shape index (κ2) is 4.72. The van der Waals surface area contributed by atoms with E-state index >= 15 is 0 Å². The van der Waals surface area contributed by atoms with Gasteiger partial charge in [-0.15, -0.1) is 0 Å². The Morgan fingerprint density at radius 1 is 1.00 bits per heavy atom. The van der Waals surface area contributed by atoms with E-state index in [-0.39, 0.29) is 5.56 Å². The van der Waals surface area contributed by atoms with Crippen LogP contribution >= 0.6 is 0 Å². The molecular formula is C14H12F3N. The van der Waals surface area contributed by atoms with E-state index in [2.05, 4.69) is 0 Å². The van der Waals surface area contributed by atoms with Crippen LogP contribution in [0.3, 0.4) is 0 Å². The molecule has 0 aliphatic carbocycles. The molecule has 0 unspecified atom stereocenters. The predicted octanol–water partition coefficient (Wildman–Crippen LogP) is 3.92. The number of hydrogen-bond donors (Lipinski definition) is 1. The molecule has 2 rings (SSSR count). The van der Waals surface area contributed by atoms with Crippen molar-refractivity contribution in [3.05, 3.63) is 53.3 Å². The SMILES string of the molecule is CCc1cc(-c2ccc(F)c(F)c2F)ccc1N. The Labute approximate surface area is 103 Å². The molecule has 2 N–H and O–H groups in total. The molecule has 0 spiro atoms. The summed E-state index contributed by atoms with van der Waals surface area (Å²) in [4.78, 5) is 0. The molecule has 0 saturated heterocycles. The molecule has 2 aromatic carbocycles. The maximum atomic E-state index is 13.6. The Kier molecular flexibility index (Phi) is 3.28. The van der Waals surface area contributed by atoms with E-state index in [4.69, 9.17) is 5.73 Å². The van der Waals surface area contributed by atoms with Gasteiger partial charge in [-0.05, 0) is 41.8 Å². The molecule has 0 atom stereocenters. The summed E-state index contributed by atoms with van der Waals surface area (Å²) in [6, 6.07) is 7.04. The zero-order valence-electron chi connectivity index (χ0n) is 9.81. The largest absolute Gasteiger partial charge is 0.399 e. The number of rotatable bonds is 2. The van der Waals surface area contributed by atoms with Gasteiger partial charge in [-0.1, -0.05) is 13.0 Å². The van der Waals surface area contributed by atoms with Gasteiger partial charge in [0.15, 0.2) is 17.5 Å². The van der Waals surface area contributed by atoms with Gasteiger partial charge >= 0.3 is 0 Å². The summed E-state index contributed by atoms with van der Waals surface area (Å²) in [6.45, 7) is 1.91. The van der Waals surface area contributed by atoms with Gasteiger partial charge in [0.1, 0.15) is 0 Å². The van der Waals surface area contributed by atoms with Gasteiger partial charge in [0, 0.05) is 11.3 Å². The second-order valence-corrected chi connectivity index (χ2v) is 3.99. The highest BCUT2D eigenvalue weighted by Crippen LogP contribution is 2.28. The number of nitrogen functional groups attached to an aromatic ring is 1. The Morgan fingerprint density at radius 3 is 2.39 bits per heavy atom. The quantitative estimate of drug-likeness (QED) is 0.635. The lowest BCUT2D eigenvalue weighted by Gasteiger charge is -2.08. The molecule has 94 valence electrons. The summed E-state index contributed by atoms with van der Waals surface area (Å²) >= 11 is 0. The van der Waals surface area contributed by atoms with Crippen molar-refractivity contribution in [1.82, 2.24) is 0 Å². The Morgan fingerprint density at radius 2 is 1.72 bits per heavy atom. The summed E-state index contributed by atoms with van der Waals surface area (Å²) in [5.41, 5.74) is 7.70. The third-order valence-electron chi connectivity index (χ3n) is 2.87. The standard InChI is InChI=1S/C14H12F3N/c1-2-8-7-9(3-6-12(8)18)10-4-5-11(15)14(17)13(10)16/h3-7H,2,18H2,1H3. The van der Waals surface area contributed by atoms with Gasteiger partial charge in [0.25, 0.3) is 0 Å². The normalized spacial score (nSPS) is 10.7. The zero-order chi connectivity index (χ0) is 13.3. The fourth-order valence-electron chi connectivity index (χ4n) is 1.83. The van der Waals surface area contributed by atoms with Crippen molar-refractivity contribution in [3.8, 4) is 11.1 Å². The molecule has 0 fully saturated rings. The third kappa shape index (κ3) is 2.06. The average molecular weight is 251 g/mol. The molecule has 0 bridgehead atoms. The van der Waals surface area contributed by atoms with Gasteiger partial charge in [0.05, 0.1) is 0 Å². The van der Waals surface area contributed by atoms with Crippen molar-refractivity contribution in [1.29, 1.82) is 0 Å². The van der Waals surface area contributed by atoms with Gasteiger partial charge < -0.3 is 5.73 Å². The Balaban J connectivity index is 2.59. The molecule has 4 heteroatoms. The summed E-state index contributed by atoms with van der Waals surface area (Å²) in [6.07, 6.45) is 0.685. The smallest absolute Gasteiger partial charge is 0.195 e. The average Bonchev–Trinajstić information content (AvgIpc) is 2.37. The maximum absolute atomic E-state index is 13.6. The topological polar surface area (TPSA) is 26.0 Å². The fraction of sp³-hybridized carbons (Fsp3) is 0.143. The lowest BCUT2D eigenvalue weighted by atomic mass is 10.00. The number of aryl methyl sites for hydroxylation is 1. The number of benzene rings is 2. The van der Waals surface area contributed by atoms with Crippen LogP contribution in [0.2, 0.25) is 0 Å². The number of hydrogen-bond acceptors (Lipinski definition) is 1. The van der Waals surface area contributed by atoms with Crippen LogP contribution in [0.5, 0.6) is 0 Å². The third-order valence-corrected chi connectivity index (χ3v) is 2.87. The lowest BCUT2D eigenvalue weighted by molar-refractivity contribution is 0.449. The van der Waals surface area contributed by atoms with Gasteiger partial charge in [-0.3, -0.25) is 0 Å². The Hall–Kier alpha value is -1.97. The van der Waals surface area contributed by atoms with Crippen LogP contribution in [-0.4, -0.2) is 0 Å². The van der Waals surface area contributed by atoms with Crippen LogP contribution in [-0.2, 0) is 6.42 Å². The van der Waals surface area contributed by atoms with Crippen molar-refractivity contribution in [2.45, 2.75) is 13.3 Å². The molecule has 0 aromatic heterocycles. The molecule has 0 aliphatic rings. The van der Waals surface area contributed by atoms with Gasteiger partial charge in [-0.25, -0.2) is 13.2 Å². The highest BCUT2D eigenvalue weighted by molar-refractivity contribution is 5.68. The second-order valence-electron chi connectivity index (χ2n) is 3.99. The first-order valence-electron chi connectivity index (χ1n) is 5.56. The molecule has 0 amide bonds. The monoisotopic (exact) mass is 251 g/mol. The molecular weight excluding hydrogens is 239 g/mol. The van der Waals surface area contributed by atoms with Gasteiger partial charge in [-0.2, -0.15) is 0 Å². The van der Waals surface area contributed by atoms with Crippen LogP contribution in [0.1, 0.15) is 12.5 Å². The number of halogens is 3. The van der Waals surface area contributed by atoms with Crippen molar-refractivity contribution in [2.24, 2.45) is 0 Å². The highest BCUT2D eigenvalue weighted by Gasteiger charge is 2.15. The van der Waals surface area contributed by atoms with E-state index in [0.717, 1.165) is 11.6 Å². The zero-order valence-corrected chi connectivity index (χ0v) is 9.81. The van der Waals surface area contributed by atoms with Crippen LogP contribution in [0.4, 0.5) is 18.9 Å². The van der Waals surface area contributed by atoms with E-state index in [1.807, 2.05) is 6.92 Å². The van der Waals surface area contributed by atoms with Crippen LogP contribution in [0.15, 0.2) is 30.3 Å². The first kappa shape index (κ1) is 12.5. The van der Waals surface area contributed by atoms with Crippen molar-refractivity contribution in [3.63, 3.8) is 0 Å². The van der Waals surface area contributed by atoms with E-state index in [0.29, 0.717) is 17.7 Å². The summed E-state index contributed by atoms with van der Waals surface area (Å²) in [5.74, 6) is -3.83. The summed E-state index contributed by atoms with van der Waals surface area (Å²) in [7, 11) is 0. The molecule has 1 nitrogen and oxygen atoms in total. The number of nitrogens with two attached hydrogens (primary N) is 1. The van der Waals surface area contributed by atoms with Crippen molar-refractivity contribution >= 4 is 5.69 Å². The van der Waals surface area contributed by atoms with E-state index in [1.54, 1.807) is 18.2 Å². The highest BCUT2D eigenvalue weighted by atomic mass is 19.2. The molecule has 0 heterocycles. The molecule has 0 aliphatic heterocycles. The number of anilines is 1. The van der Waals surface area contributed by atoms with Crippen molar-refractivity contribution < 1.29 is 13.2 Å². The first-order valence-corrected chi connectivity index (χ1v) is 5.56. The molecule has 0 saturated carbocycles. The van der Waals surface area contributed by atoms with E-state index in [1.165, 1.54) is 6.07 Å². The molecule has 2 aromatic rings. The summed E-state index contributed by atoms with van der Waals surface area (Å²) < 4.78 is 39.7. The van der Waals surface area contributed by atoms with Crippen LogP contribution in [0.25, 0.3) is 11.1 Å².